The van der Waals surface area contributed by atoms with Gasteiger partial charge in [-0.2, -0.15) is 0 Å². The first kappa shape index (κ1) is 16.0. The molecular weight excluding hydrogens is 322 g/mol. The fourth-order valence-corrected chi connectivity index (χ4v) is 4.97. The van der Waals surface area contributed by atoms with Gasteiger partial charge in [-0.3, -0.25) is 14.5 Å². The summed E-state index contributed by atoms with van der Waals surface area (Å²) in [5, 5.41) is 0. The summed E-state index contributed by atoms with van der Waals surface area (Å²) < 4.78 is 16.3. The second-order valence-corrected chi connectivity index (χ2v) is 6.85. The molecule has 1 aromatic rings. The minimum atomic E-state index is -0.877. The van der Waals surface area contributed by atoms with Gasteiger partial charge in [0.05, 0.1) is 32.7 Å². The highest BCUT2D eigenvalue weighted by atomic mass is 16.5. The number of amides is 2. The predicted octanol–water partition coefficient (Wildman–Crippen LogP) is 1.77. The Morgan fingerprint density at radius 3 is 2.24 bits per heavy atom. The number of likely N-dealkylation sites (N-methyl/N-ethyl adjacent to an activating group) is 1. The van der Waals surface area contributed by atoms with Crippen molar-refractivity contribution in [3.05, 3.63) is 29.8 Å². The molecule has 2 fully saturated rings. The Labute approximate surface area is 146 Å². The summed E-state index contributed by atoms with van der Waals surface area (Å²) >= 11 is 0. The average molecular weight is 343 g/mol. The first-order valence-corrected chi connectivity index (χ1v) is 8.31. The lowest BCUT2D eigenvalue weighted by molar-refractivity contribution is -0.139. The highest BCUT2D eigenvalue weighted by molar-refractivity contribution is 6.12. The standard InChI is InChI=1S/C19H21NO5/c1-20-17(21)15-10-5-6-11(7-10)19(15,18(20)22)12-8-13(23-2)16(25-4)14(9-12)24-3/h5-6,8-11,15H,7H2,1-4H3. The molecule has 1 heterocycles. The van der Waals surface area contributed by atoms with Gasteiger partial charge in [0.15, 0.2) is 11.5 Å². The van der Waals surface area contributed by atoms with Gasteiger partial charge in [-0.25, -0.2) is 0 Å². The van der Waals surface area contributed by atoms with Crippen LogP contribution in [0.25, 0.3) is 0 Å². The molecule has 2 aliphatic carbocycles. The molecule has 6 heteroatoms. The molecule has 2 bridgehead atoms. The minimum absolute atomic E-state index is 0.00621. The van der Waals surface area contributed by atoms with E-state index in [0.717, 1.165) is 12.0 Å². The number of likely N-dealkylation sites (tertiary alicyclic amines) is 1. The zero-order chi connectivity index (χ0) is 17.9. The summed E-state index contributed by atoms with van der Waals surface area (Å²) in [6.45, 7) is 0. The fourth-order valence-electron chi connectivity index (χ4n) is 4.97. The molecule has 3 aliphatic rings. The summed E-state index contributed by atoms with van der Waals surface area (Å²) in [7, 11) is 6.21. The third-order valence-corrected chi connectivity index (χ3v) is 6.02. The van der Waals surface area contributed by atoms with Crippen LogP contribution in [0.1, 0.15) is 12.0 Å². The van der Waals surface area contributed by atoms with Crippen LogP contribution in [0.15, 0.2) is 24.3 Å². The Bertz CT molecular complexity index is 776. The molecule has 0 spiro atoms. The molecule has 1 aliphatic heterocycles. The van der Waals surface area contributed by atoms with Crippen molar-refractivity contribution >= 4 is 11.8 Å². The van der Waals surface area contributed by atoms with Crippen LogP contribution in [-0.4, -0.2) is 45.1 Å². The Hall–Kier alpha value is -2.50. The van der Waals surface area contributed by atoms with E-state index < -0.39 is 5.41 Å². The van der Waals surface area contributed by atoms with E-state index in [-0.39, 0.29) is 29.6 Å². The normalized spacial score (nSPS) is 32.3. The summed E-state index contributed by atoms with van der Waals surface area (Å²) in [6, 6.07) is 3.63. The number of carbonyl (C=O) groups excluding carboxylic acids is 2. The second kappa shape index (κ2) is 5.25. The maximum Gasteiger partial charge on any atom is 0.241 e. The molecule has 0 radical (unpaired) electrons. The Morgan fingerprint density at radius 2 is 1.68 bits per heavy atom. The summed E-state index contributed by atoms with van der Waals surface area (Å²) in [5.41, 5.74) is -0.121. The second-order valence-electron chi connectivity index (χ2n) is 6.85. The molecule has 6 nitrogen and oxygen atoms in total. The van der Waals surface area contributed by atoms with E-state index in [4.69, 9.17) is 14.2 Å². The molecule has 1 saturated carbocycles. The fraction of sp³-hybridized carbons (Fsp3) is 0.474. The number of imide groups is 1. The highest BCUT2D eigenvalue weighted by Crippen LogP contribution is 2.62. The first-order chi connectivity index (χ1) is 12.0. The number of allylic oxidation sites excluding steroid dienone is 2. The molecule has 1 aromatic carbocycles. The number of methoxy groups -OCH3 is 3. The third kappa shape index (κ3) is 1.74. The quantitative estimate of drug-likeness (QED) is 0.616. The number of ether oxygens (including phenoxy) is 3. The molecule has 1 saturated heterocycles. The van der Waals surface area contributed by atoms with Gasteiger partial charge < -0.3 is 14.2 Å². The number of hydrogen-bond acceptors (Lipinski definition) is 5. The van der Waals surface area contributed by atoms with Gasteiger partial charge in [0.25, 0.3) is 0 Å². The van der Waals surface area contributed by atoms with Crippen LogP contribution in [0.4, 0.5) is 0 Å². The van der Waals surface area contributed by atoms with Crippen LogP contribution in [0.5, 0.6) is 17.2 Å². The van der Waals surface area contributed by atoms with Crippen LogP contribution in [0.3, 0.4) is 0 Å². The molecule has 132 valence electrons. The number of hydrogen-bond donors (Lipinski definition) is 0. The highest BCUT2D eigenvalue weighted by Gasteiger charge is 2.69. The van der Waals surface area contributed by atoms with Crippen molar-refractivity contribution in [1.29, 1.82) is 0 Å². The molecule has 4 atom stereocenters. The van der Waals surface area contributed by atoms with Crippen molar-refractivity contribution in [2.24, 2.45) is 17.8 Å². The van der Waals surface area contributed by atoms with Gasteiger partial charge in [0.2, 0.25) is 17.6 Å². The molecule has 4 unspecified atom stereocenters. The van der Waals surface area contributed by atoms with Crippen molar-refractivity contribution < 1.29 is 23.8 Å². The van der Waals surface area contributed by atoms with Crippen LogP contribution < -0.4 is 14.2 Å². The zero-order valence-electron chi connectivity index (χ0n) is 14.7. The van der Waals surface area contributed by atoms with E-state index in [1.807, 2.05) is 12.1 Å². The SMILES string of the molecule is COc1cc(C23C(=O)N(C)C(=O)C2C2C=CC3C2)cc(OC)c1OC. The lowest BCUT2D eigenvalue weighted by atomic mass is 9.65. The van der Waals surface area contributed by atoms with Crippen LogP contribution >= 0.6 is 0 Å². The van der Waals surface area contributed by atoms with Crippen molar-refractivity contribution in [3.8, 4) is 17.2 Å². The van der Waals surface area contributed by atoms with E-state index >= 15 is 0 Å². The predicted molar refractivity (Wildman–Crippen MR) is 89.8 cm³/mol. The molecule has 0 aromatic heterocycles. The lowest BCUT2D eigenvalue weighted by Crippen LogP contribution is -2.43. The molecular formula is C19H21NO5. The van der Waals surface area contributed by atoms with Crippen LogP contribution in [-0.2, 0) is 15.0 Å². The Morgan fingerprint density at radius 1 is 1.04 bits per heavy atom. The van der Waals surface area contributed by atoms with Crippen molar-refractivity contribution in [2.45, 2.75) is 11.8 Å². The Balaban J connectivity index is 1.98. The Kier molecular flexibility index (Phi) is 3.36. The van der Waals surface area contributed by atoms with E-state index in [2.05, 4.69) is 12.2 Å². The minimum Gasteiger partial charge on any atom is -0.493 e. The van der Waals surface area contributed by atoms with Gasteiger partial charge >= 0.3 is 0 Å². The molecule has 2 amide bonds. The average Bonchev–Trinajstić information content (AvgIpc) is 3.29. The summed E-state index contributed by atoms with van der Waals surface area (Å²) in [4.78, 5) is 27.3. The van der Waals surface area contributed by atoms with Gasteiger partial charge in [0.1, 0.15) is 0 Å². The number of fused-ring (bicyclic) bond motifs is 5. The van der Waals surface area contributed by atoms with E-state index in [9.17, 15) is 9.59 Å². The van der Waals surface area contributed by atoms with Crippen LogP contribution in [0.2, 0.25) is 0 Å². The maximum atomic E-state index is 13.2. The summed E-state index contributed by atoms with van der Waals surface area (Å²) in [5.74, 6) is 0.966. The van der Waals surface area contributed by atoms with Gasteiger partial charge in [-0.15, -0.1) is 0 Å². The number of rotatable bonds is 4. The monoisotopic (exact) mass is 343 g/mol. The topological polar surface area (TPSA) is 65.1 Å². The smallest absolute Gasteiger partial charge is 0.241 e. The van der Waals surface area contributed by atoms with Crippen molar-refractivity contribution in [2.75, 3.05) is 28.4 Å². The number of carbonyl (C=O) groups is 2. The van der Waals surface area contributed by atoms with E-state index in [1.54, 1.807) is 28.4 Å². The zero-order valence-corrected chi connectivity index (χ0v) is 14.7. The first-order valence-electron chi connectivity index (χ1n) is 8.31. The number of benzene rings is 1. The molecule has 25 heavy (non-hydrogen) atoms. The molecule has 4 rings (SSSR count). The van der Waals surface area contributed by atoms with E-state index in [1.165, 1.54) is 4.90 Å². The van der Waals surface area contributed by atoms with Crippen molar-refractivity contribution in [3.63, 3.8) is 0 Å². The van der Waals surface area contributed by atoms with E-state index in [0.29, 0.717) is 17.2 Å². The third-order valence-electron chi connectivity index (χ3n) is 6.02. The van der Waals surface area contributed by atoms with Crippen LogP contribution in [0, 0.1) is 17.8 Å². The van der Waals surface area contributed by atoms with Crippen molar-refractivity contribution in [1.82, 2.24) is 4.90 Å². The largest absolute Gasteiger partial charge is 0.493 e. The maximum absolute atomic E-state index is 13.2. The lowest BCUT2D eigenvalue weighted by Gasteiger charge is -2.34. The van der Waals surface area contributed by atoms with Gasteiger partial charge in [0, 0.05) is 7.05 Å². The van der Waals surface area contributed by atoms with Gasteiger partial charge in [-0.1, -0.05) is 12.2 Å². The number of nitrogens with zero attached hydrogens (tertiary/aromatic N) is 1. The molecule has 0 N–H and O–H groups in total. The van der Waals surface area contributed by atoms with Gasteiger partial charge in [-0.05, 0) is 36.0 Å². The summed E-state index contributed by atoms with van der Waals surface area (Å²) in [6.07, 6.45) is 4.98.